The first-order valence-corrected chi connectivity index (χ1v) is 7.21. The zero-order valence-corrected chi connectivity index (χ0v) is 12.8. The maximum absolute atomic E-state index is 11.6. The summed E-state index contributed by atoms with van der Waals surface area (Å²) in [5.74, 6) is -0.0666. The van der Waals surface area contributed by atoms with Crippen molar-refractivity contribution in [3.63, 3.8) is 0 Å². The first-order chi connectivity index (χ1) is 10.1. The van der Waals surface area contributed by atoms with Crippen molar-refractivity contribution in [2.24, 2.45) is 0 Å². The molecule has 0 radical (unpaired) electrons. The number of amides is 1. The molecule has 0 spiro atoms. The normalized spacial score (nSPS) is 11.0. The van der Waals surface area contributed by atoms with Crippen LogP contribution in [0.4, 0.5) is 0 Å². The Bertz CT molecular complexity index is 642. The van der Waals surface area contributed by atoms with E-state index in [-0.39, 0.29) is 5.91 Å². The number of aryl methyl sites for hydroxylation is 1. The van der Waals surface area contributed by atoms with Crippen LogP contribution in [-0.2, 0) is 4.79 Å². The van der Waals surface area contributed by atoms with Gasteiger partial charge in [-0.2, -0.15) is 5.10 Å². The molecule has 0 aliphatic heterocycles. The van der Waals surface area contributed by atoms with Crippen molar-refractivity contribution in [3.05, 3.63) is 53.4 Å². The molecule has 1 aromatic carbocycles. The number of carbonyl (C=O) groups is 1. The second kappa shape index (κ2) is 6.88. The Kier molecular flexibility index (Phi) is 4.93. The van der Waals surface area contributed by atoms with E-state index in [1.54, 1.807) is 6.08 Å². The van der Waals surface area contributed by atoms with Crippen molar-refractivity contribution in [1.82, 2.24) is 15.1 Å². The predicted octanol–water partition coefficient (Wildman–Crippen LogP) is 3.03. The van der Waals surface area contributed by atoms with E-state index >= 15 is 0 Å². The molecule has 0 bridgehead atoms. The molecule has 2 rings (SSSR count). The first kappa shape index (κ1) is 15.0. The van der Waals surface area contributed by atoms with Crippen LogP contribution < -0.4 is 5.32 Å². The summed E-state index contributed by atoms with van der Waals surface area (Å²) in [5.41, 5.74) is 3.95. The number of hydrogen-bond donors (Lipinski definition) is 1. The average molecular weight is 283 g/mol. The second-order valence-electron chi connectivity index (χ2n) is 4.96. The van der Waals surface area contributed by atoms with E-state index < -0.39 is 0 Å². The van der Waals surface area contributed by atoms with Gasteiger partial charge in [0.15, 0.2) is 0 Å². The third-order valence-corrected chi connectivity index (χ3v) is 3.30. The van der Waals surface area contributed by atoms with Gasteiger partial charge in [0.2, 0.25) is 5.91 Å². The van der Waals surface area contributed by atoms with Gasteiger partial charge in [-0.3, -0.25) is 4.79 Å². The molecule has 21 heavy (non-hydrogen) atoms. The maximum atomic E-state index is 11.6. The SMILES string of the molecule is CCCNC(=O)/C=C/c1c(C)nn(-c2ccccc2)c1C. The van der Waals surface area contributed by atoms with Gasteiger partial charge in [0.25, 0.3) is 0 Å². The zero-order valence-electron chi connectivity index (χ0n) is 12.8. The zero-order chi connectivity index (χ0) is 15.2. The van der Waals surface area contributed by atoms with E-state index in [1.165, 1.54) is 0 Å². The quantitative estimate of drug-likeness (QED) is 0.857. The number of aromatic nitrogens is 2. The van der Waals surface area contributed by atoms with Crippen LogP contribution in [-0.4, -0.2) is 22.2 Å². The van der Waals surface area contributed by atoms with Gasteiger partial charge in [0.05, 0.1) is 11.4 Å². The van der Waals surface area contributed by atoms with Gasteiger partial charge >= 0.3 is 0 Å². The lowest BCUT2D eigenvalue weighted by atomic mass is 10.2. The van der Waals surface area contributed by atoms with Crippen LogP contribution in [0.3, 0.4) is 0 Å². The Morgan fingerprint density at radius 1 is 1.29 bits per heavy atom. The summed E-state index contributed by atoms with van der Waals surface area (Å²) in [4.78, 5) is 11.6. The molecule has 1 N–H and O–H groups in total. The van der Waals surface area contributed by atoms with E-state index in [4.69, 9.17) is 0 Å². The van der Waals surface area contributed by atoms with Crippen LogP contribution in [0.5, 0.6) is 0 Å². The predicted molar refractivity (Wildman–Crippen MR) is 85.4 cm³/mol. The Morgan fingerprint density at radius 3 is 2.67 bits per heavy atom. The maximum Gasteiger partial charge on any atom is 0.244 e. The Labute approximate surface area is 125 Å². The van der Waals surface area contributed by atoms with Crippen LogP contribution in [0.15, 0.2) is 36.4 Å². The van der Waals surface area contributed by atoms with E-state index in [1.807, 2.05) is 61.9 Å². The summed E-state index contributed by atoms with van der Waals surface area (Å²) in [6.07, 6.45) is 4.34. The van der Waals surface area contributed by atoms with Crippen molar-refractivity contribution < 1.29 is 4.79 Å². The van der Waals surface area contributed by atoms with Crippen molar-refractivity contribution in [1.29, 1.82) is 0 Å². The van der Waals surface area contributed by atoms with Gasteiger partial charge in [-0.15, -0.1) is 0 Å². The number of carbonyl (C=O) groups excluding carboxylic acids is 1. The van der Waals surface area contributed by atoms with Crippen LogP contribution in [0, 0.1) is 13.8 Å². The van der Waals surface area contributed by atoms with Gasteiger partial charge in [-0.1, -0.05) is 25.1 Å². The summed E-state index contributed by atoms with van der Waals surface area (Å²) in [5, 5.41) is 7.38. The minimum Gasteiger partial charge on any atom is -0.353 e. The fourth-order valence-corrected chi connectivity index (χ4v) is 2.18. The van der Waals surface area contributed by atoms with E-state index in [0.29, 0.717) is 6.54 Å². The number of benzene rings is 1. The second-order valence-corrected chi connectivity index (χ2v) is 4.96. The van der Waals surface area contributed by atoms with Crippen LogP contribution in [0.2, 0.25) is 0 Å². The van der Waals surface area contributed by atoms with Crippen LogP contribution >= 0.6 is 0 Å². The number of rotatable bonds is 5. The third-order valence-electron chi connectivity index (χ3n) is 3.30. The number of hydrogen-bond acceptors (Lipinski definition) is 2. The summed E-state index contributed by atoms with van der Waals surface area (Å²) in [6.45, 7) is 6.69. The first-order valence-electron chi connectivity index (χ1n) is 7.21. The number of nitrogens with zero attached hydrogens (tertiary/aromatic N) is 2. The summed E-state index contributed by atoms with van der Waals surface area (Å²) in [6, 6.07) is 9.98. The van der Waals surface area contributed by atoms with Crippen molar-refractivity contribution in [2.75, 3.05) is 6.54 Å². The van der Waals surface area contributed by atoms with Gasteiger partial charge in [-0.05, 0) is 38.5 Å². The van der Waals surface area contributed by atoms with Crippen molar-refractivity contribution in [2.45, 2.75) is 27.2 Å². The molecule has 1 amide bonds. The van der Waals surface area contributed by atoms with Crippen LogP contribution in [0.1, 0.15) is 30.3 Å². The summed E-state index contributed by atoms with van der Waals surface area (Å²) >= 11 is 0. The smallest absolute Gasteiger partial charge is 0.244 e. The molecule has 0 atom stereocenters. The molecule has 110 valence electrons. The number of para-hydroxylation sites is 1. The lowest BCUT2D eigenvalue weighted by Gasteiger charge is -2.03. The molecule has 4 nitrogen and oxygen atoms in total. The molecule has 0 aliphatic carbocycles. The van der Waals surface area contributed by atoms with Gasteiger partial charge in [0, 0.05) is 23.9 Å². The lowest BCUT2D eigenvalue weighted by molar-refractivity contribution is -0.116. The Balaban J connectivity index is 2.24. The lowest BCUT2D eigenvalue weighted by Crippen LogP contribution is -2.21. The van der Waals surface area contributed by atoms with Gasteiger partial charge in [-0.25, -0.2) is 4.68 Å². The highest BCUT2D eigenvalue weighted by atomic mass is 16.1. The van der Waals surface area contributed by atoms with E-state index in [0.717, 1.165) is 29.1 Å². The van der Waals surface area contributed by atoms with Crippen molar-refractivity contribution in [3.8, 4) is 5.69 Å². The fraction of sp³-hybridized carbons (Fsp3) is 0.294. The topological polar surface area (TPSA) is 46.9 Å². The summed E-state index contributed by atoms with van der Waals surface area (Å²) in [7, 11) is 0. The molecule has 0 fully saturated rings. The largest absolute Gasteiger partial charge is 0.353 e. The van der Waals surface area contributed by atoms with E-state index in [2.05, 4.69) is 10.4 Å². The minimum absolute atomic E-state index is 0.0666. The third kappa shape index (κ3) is 3.60. The summed E-state index contributed by atoms with van der Waals surface area (Å²) < 4.78 is 1.90. The van der Waals surface area contributed by atoms with Gasteiger partial charge in [0.1, 0.15) is 0 Å². The highest BCUT2D eigenvalue weighted by Gasteiger charge is 2.10. The Morgan fingerprint density at radius 2 is 2.00 bits per heavy atom. The van der Waals surface area contributed by atoms with Crippen LogP contribution in [0.25, 0.3) is 11.8 Å². The molecule has 2 aromatic rings. The van der Waals surface area contributed by atoms with E-state index in [9.17, 15) is 4.79 Å². The highest BCUT2D eigenvalue weighted by Crippen LogP contribution is 2.18. The molecule has 1 aromatic heterocycles. The molecule has 0 unspecified atom stereocenters. The molecule has 1 heterocycles. The fourth-order valence-electron chi connectivity index (χ4n) is 2.18. The molecule has 0 saturated carbocycles. The minimum atomic E-state index is -0.0666. The Hall–Kier alpha value is -2.36. The molecule has 0 saturated heterocycles. The standard InChI is InChI=1S/C17H21N3O/c1-4-12-18-17(21)11-10-16-13(2)19-20(14(16)3)15-8-6-5-7-9-15/h5-11H,4,12H2,1-3H3,(H,18,21)/b11-10+. The molecule has 4 heteroatoms. The molecular weight excluding hydrogens is 262 g/mol. The number of nitrogens with one attached hydrogen (secondary N) is 1. The van der Waals surface area contributed by atoms with Crippen molar-refractivity contribution >= 4 is 12.0 Å². The molecule has 0 aliphatic rings. The van der Waals surface area contributed by atoms with Gasteiger partial charge < -0.3 is 5.32 Å². The monoisotopic (exact) mass is 283 g/mol. The molecular formula is C17H21N3O. The average Bonchev–Trinajstić information content (AvgIpc) is 2.79. The highest BCUT2D eigenvalue weighted by molar-refractivity contribution is 5.92.